The van der Waals surface area contributed by atoms with E-state index in [0.717, 1.165) is 48.0 Å². The van der Waals surface area contributed by atoms with Gasteiger partial charge in [0.25, 0.3) is 5.91 Å². The predicted octanol–water partition coefficient (Wildman–Crippen LogP) is 3.14. The second-order valence-corrected chi connectivity index (χ2v) is 7.27. The maximum atomic E-state index is 12.4. The van der Waals surface area contributed by atoms with Crippen molar-refractivity contribution in [3.05, 3.63) is 41.0 Å². The lowest BCUT2D eigenvalue weighted by Crippen LogP contribution is -2.25. The van der Waals surface area contributed by atoms with Crippen LogP contribution in [0.4, 0.5) is 5.69 Å². The molecule has 0 unspecified atom stereocenters. The Bertz CT molecular complexity index is 948. The number of carbonyl (C=O) groups is 1. The van der Waals surface area contributed by atoms with Gasteiger partial charge in [-0.25, -0.2) is 4.98 Å². The number of amides is 1. The number of nitrogens with two attached hydrogens (primary N) is 1. The quantitative estimate of drug-likeness (QED) is 0.580. The molecule has 5 N–H and O–H groups in total. The number of fused-ring (bicyclic) bond motifs is 1. The van der Waals surface area contributed by atoms with Crippen LogP contribution in [0.25, 0.3) is 11.0 Å². The van der Waals surface area contributed by atoms with Crippen LogP contribution in [-0.2, 0) is 0 Å². The minimum absolute atomic E-state index is 0.231. The van der Waals surface area contributed by atoms with Crippen LogP contribution in [-0.4, -0.2) is 32.1 Å². The van der Waals surface area contributed by atoms with Gasteiger partial charge in [0, 0.05) is 28.4 Å². The molecule has 1 saturated carbocycles. The molecule has 26 heavy (non-hydrogen) atoms. The number of pyridine rings is 1. The fourth-order valence-corrected chi connectivity index (χ4v) is 3.65. The third-order valence-electron chi connectivity index (χ3n) is 5.43. The molecule has 4 rings (SSSR count). The van der Waals surface area contributed by atoms with Crippen molar-refractivity contribution in [1.29, 1.82) is 0 Å². The summed E-state index contributed by atoms with van der Waals surface area (Å²) in [4.78, 5) is 20.3. The highest BCUT2D eigenvalue weighted by Crippen LogP contribution is 2.33. The minimum Gasteiger partial charge on any atom is -0.343 e. The van der Waals surface area contributed by atoms with Crippen LogP contribution in [0.2, 0.25) is 0 Å². The van der Waals surface area contributed by atoms with Gasteiger partial charge in [0.1, 0.15) is 5.65 Å². The summed E-state index contributed by atoms with van der Waals surface area (Å²) < 4.78 is 0. The lowest BCUT2D eigenvalue weighted by Gasteiger charge is -2.25. The molecule has 3 aromatic heterocycles. The number of nitrogens with zero attached hydrogens (tertiary/aromatic N) is 2. The number of nitrogens with one attached hydrogen (secondary N) is 3. The van der Waals surface area contributed by atoms with Gasteiger partial charge in [-0.2, -0.15) is 5.10 Å². The number of aryl methyl sites for hydroxylation is 1. The highest BCUT2D eigenvalue weighted by molar-refractivity contribution is 6.04. The first-order valence-electron chi connectivity index (χ1n) is 9.08. The molecule has 7 nitrogen and oxygen atoms in total. The first-order chi connectivity index (χ1) is 12.5. The molecule has 1 fully saturated rings. The fraction of sp³-hybridized carbons (Fsp3) is 0.421. The molecule has 0 bridgehead atoms. The first-order valence-corrected chi connectivity index (χ1v) is 9.08. The molecule has 7 heteroatoms. The summed E-state index contributed by atoms with van der Waals surface area (Å²) in [6, 6.07) is 4.43. The summed E-state index contributed by atoms with van der Waals surface area (Å²) in [5, 5.41) is 10.8. The molecule has 0 aromatic carbocycles. The Morgan fingerprint density at radius 1 is 1.23 bits per heavy atom. The van der Waals surface area contributed by atoms with Crippen molar-refractivity contribution in [3.8, 4) is 0 Å². The monoisotopic (exact) mass is 352 g/mol. The average Bonchev–Trinajstić information content (AvgIpc) is 3.19. The lowest BCUT2D eigenvalue weighted by molar-refractivity contribution is 0.102. The molecule has 0 aliphatic heterocycles. The fourth-order valence-electron chi connectivity index (χ4n) is 3.65. The van der Waals surface area contributed by atoms with Crippen molar-refractivity contribution in [2.45, 2.75) is 51.5 Å². The van der Waals surface area contributed by atoms with Gasteiger partial charge in [0.15, 0.2) is 5.69 Å². The van der Waals surface area contributed by atoms with E-state index in [9.17, 15) is 4.79 Å². The number of aromatic nitrogens is 4. The number of hydrogen-bond donors (Lipinski definition) is 4. The van der Waals surface area contributed by atoms with Crippen molar-refractivity contribution in [2.75, 3.05) is 5.32 Å². The second kappa shape index (κ2) is 6.57. The number of carbonyl (C=O) groups excluding carboxylic acids is 1. The average molecular weight is 352 g/mol. The zero-order valence-corrected chi connectivity index (χ0v) is 15.1. The lowest BCUT2D eigenvalue weighted by atomic mass is 9.84. The molecule has 0 spiro atoms. The van der Waals surface area contributed by atoms with Crippen molar-refractivity contribution >= 4 is 22.6 Å². The van der Waals surface area contributed by atoms with Crippen LogP contribution in [0, 0.1) is 13.8 Å². The normalized spacial score (nSPS) is 20.4. The molecule has 0 radical (unpaired) electrons. The molecule has 136 valence electrons. The van der Waals surface area contributed by atoms with Gasteiger partial charge in [0.05, 0.1) is 11.9 Å². The van der Waals surface area contributed by atoms with Crippen LogP contribution in [0.1, 0.15) is 59.0 Å². The van der Waals surface area contributed by atoms with Crippen LogP contribution in [0.15, 0.2) is 18.3 Å². The number of rotatable bonds is 3. The molecule has 0 atom stereocenters. The topological polar surface area (TPSA) is 112 Å². The molecule has 1 amide bonds. The maximum absolute atomic E-state index is 12.4. The van der Waals surface area contributed by atoms with Crippen molar-refractivity contribution < 1.29 is 4.79 Å². The van der Waals surface area contributed by atoms with Gasteiger partial charge >= 0.3 is 0 Å². The Kier molecular flexibility index (Phi) is 4.24. The van der Waals surface area contributed by atoms with Crippen LogP contribution >= 0.6 is 0 Å². The van der Waals surface area contributed by atoms with E-state index in [1.54, 1.807) is 6.20 Å². The van der Waals surface area contributed by atoms with E-state index in [4.69, 9.17) is 5.73 Å². The van der Waals surface area contributed by atoms with Gasteiger partial charge in [-0.15, -0.1) is 0 Å². The Balaban J connectivity index is 1.54. The van der Waals surface area contributed by atoms with Crippen molar-refractivity contribution in [3.63, 3.8) is 0 Å². The van der Waals surface area contributed by atoms with E-state index in [1.165, 1.54) is 5.69 Å². The summed E-state index contributed by atoms with van der Waals surface area (Å²) in [5.41, 5.74) is 10.9. The Morgan fingerprint density at radius 2 is 2.00 bits per heavy atom. The molecular formula is C19H24N6O. The van der Waals surface area contributed by atoms with Gasteiger partial charge in [-0.1, -0.05) is 0 Å². The molecular weight excluding hydrogens is 328 g/mol. The zero-order valence-electron chi connectivity index (χ0n) is 15.1. The SMILES string of the molecule is Cc1[nH]nc(C(=O)Nc2cnc3[nH]c(C4CCC(N)CC4)cc3c2)c1C. The third kappa shape index (κ3) is 3.10. The standard InChI is InChI=1S/C19H24N6O/c1-10-11(2)24-25-17(10)19(26)22-15-7-13-8-16(23-18(13)21-9-15)12-3-5-14(20)6-4-12/h7-9,12,14H,3-6,20H2,1-2H3,(H,21,23)(H,22,26)(H,24,25). The summed E-state index contributed by atoms with van der Waals surface area (Å²) in [6.07, 6.45) is 6.02. The van der Waals surface area contributed by atoms with E-state index in [2.05, 4.69) is 31.5 Å². The summed E-state index contributed by atoms with van der Waals surface area (Å²) in [7, 11) is 0. The Labute approximate surface area is 151 Å². The first kappa shape index (κ1) is 16.8. The third-order valence-corrected chi connectivity index (χ3v) is 5.43. The van der Waals surface area contributed by atoms with Crippen LogP contribution in [0.5, 0.6) is 0 Å². The van der Waals surface area contributed by atoms with Gasteiger partial charge in [0.2, 0.25) is 0 Å². The van der Waals surface area contributed by atoms with Gasteiger partial charge in [-0.3, -0.25) is 9.89 Å². The van der Waals surface area contributed by atoms with Crippen molar-refractivity contribution in [2.24, 2.45) is 5.73 Å². The van der Waals surface area contributed by atoms with Crippen molar-refractivity contribution in [1.82, 2.24) is 20.2 Å². The number of aromatic amines is 2. The summed E-state index contributed by atoms with van der Waals surface area (Å²) in [6.45, 7) is 3.77. The minimum atomic E-state index is -0.231. The highest BCUT2D eigenvalue weighted by Gasteiger charge is 2.22. The molecule has 0 saturated heterocycles. The van der Waals surface area contributed by atoms with E-state index < -0.39 is 0 Å². The van der Waals surface area contributed by atoms with E-state index in [1.807, 2.05) is 19.9 Å². The largest absolute Gasteiger partial charge is 0.343 e. The Hall–Kier alpha value is -2.67. The van der Waals surface area contributed by atoms with E-state index in [-0.39, 0.29) is 5.91 Å². The molecule has 1 aliphatic carbocycles. The van der Waals surface area contributed by atoms with E-state index in [0.29, 0.717) is 23.3 Å². The molecule has 1 aliphatic rings. The van der Waals surface area contributed by atoms with Crippen LogP contribution in [0.3, 0.4) is 0 Å². The molecule has 3 heterocycles. The number of anilines is 1. The van der Waals surface area contributed by atoms with E-state index >= 15 is 0 Å². The number of H-pyrrole nitrogens is 2. The predicted molar refractivity (Wildman–Crippen MR) is 101 cm³/mol. The smallest absolute Gasteiger partial charge is 0.276 e. The molecule has 3 aromatic rings. The van der Waals surface area contributed by atoms with Gasteiger partial charge < -0.3 is 16.0 Å². The number of hydrogen-bond acceptors (Lipinski definition) is 4. The summed E-state index contributed by atoms with van der Waals surface area (Å²) >= 11 is 0. The Morgan fingerprint density at radius 3 is 2.69 bits per heavy atom. The zero-order chi connectivity index (χ0) is 18.3. The second-order valence-electron chi connectivity index (χ2n) is 7.27. The summed E-state index contributed by atoms with van der Waals surface area (Å²) in [5.74, 6) is 0.279. The van der Waals surface area contributed by atoms with Gasteiger partial charge in [-0.05, 0) is 57.6 Å². The highest BCUT2D eigenvalue weighted by atomic mass is 16.1. The van der Waals surface area contributed by atoms with Crippen LogP contribution < -0.4 is 11.1 Å². The maximum Gasteiger partial charge on any atom is 0.276 e.